The summed E-state index contributed by atoms with van der Waals surface area (Å²) in [5.74, 6) is 0. The second-order valence-electron chi connectivity index (χ2n) is 4.94. The van der Waals surface area contributed by atoms with Gasteiger partial charge in [0.1, 0.15) is 0 Å². The molecule has 118 valence electrons. The summed E-state index contributed by atoms with van der Waals surface area (Å²) in [6.45, 7) is 7.18. The molecule has 0 aromatic heterocycles. The summed E-state index contributed by atoms with van der Waals surface area (Å²) in [6.07, 6.45) is 0. The van der Waals surface area contributed by atoms with E-state index in [0.717, 1.165) is 0 Å². The zero-order valence-corrected chi connectivity index (χ0v) is 14.0. The van der Waals surface area contributed by atoms with Gasteiger partial charge in [0, 0.05) is 0 Å². The fraction of sp³-hybridized carbons (Fsp3) is 1.00. The molecule has 1 unspecified atom stereocenters. The van der Waals surface area contributed by atoms with Crippen molar-refractivity contribution in [1.29, 1.82) is 0 Å². The molecule has 0 aromatic rings. The van der Waals surface area contributed by atoms with Crippen LogP contribution in [0.2, 0.25) is 0 Å². The Morgan fingerprint density at radius 1 is 0.895 bits per heavy atom. The Kier molecular flexibility index (Phi) is 7.94. The average molecular weight is 342 g/mol. The Hall–Kier alpha value is 0.450. The first-order chi connectivity index (χ1) is 7.90. The Morgan fingerprint density at radius 3 is 1.21 bits per heavy atom. The summed E-state index contributed by atoms with van der Waals surface area (Å²) in [6, 6.07) is 0. The van der Waals surface area contributed by atoms with E-state index in [1.165, 1.54) is 34.6 Å². The lowest BCUT2D eigenvalue weighted by atomic mass is 10.3. The van der Waals surface area contributed by atoms with Crippen molar-refractivity contribution in [2.45, 2.75) is 45.4 Å². The van der Waals surface area contributed by atoms with Gasteiger partial charge in [-0.1, -0.05) is 13.8 Å². The maximum Gasteiger partial charge on any atom is 0.476 e. The highest BCUT2D eigenvalue weighted by molar-refractivity contribution is 7.64. The van der Waals surface area contributed by atoms with Crippen LogP contribution in [0.5, 0.6) is 0 Å². The van der Waals surface area contributed by atoms with E-state index < -0.39 is 33.8 Å². The van der Waals surface area contributed by atoms with Crippen molar-refractivity contribution in [3.8, 4) is 0 Å². The molecule has 9 nitrogen and oxygen atoms in total. The Labute approximate surface area is 111 Å². The van der Waals surface area contributed by atoms with Crippen molar-refractivity contribution in [2.24, 2.45) is 0 Å². The lowest BCUT2D eigenvalue weighted by Gasteiger charge is -2.18. The third-order valence-corrected chi connectivity index (χ3v) is 6.59. The average Bonchev–Trinajstić information content (AvgIpc) is 1.95. The van der Waals surface area contributed by atoms with E-state index in [9.17, 15) is 13.7 Å². The molecule has 0 aliphatic rings. The molecule has 0 fully saturated rings. The first-order valence-electron chi connectivity index (χ1n) is 5.05. The van der Waals surface area contributed by atoms with E-state index in [4.69, 9.17) is 24.5 Å². The highest BCUT2D eigenvalue weighted by Gasteiger charge is 2.33. The standard InChI is InChI=1S/C4H11O3P.C3H10O6P2/c1-4(2,3)8(5,6)7;1-3(2)10(4,5)9-11(6,7)8/h1-3H3,(H2,5,6,7);3H,1-2H3,(H,4,5)(H2,6,7,8). The predicted molar refractivity (Wildman–Crippen MR) is 69.9 cm³/mol. The highest BCUT2D eigenvalue weighted by atomic mass is 31.3. The molecule has 0 aliphatic heterocycles. The van der Waals surface area contributed by atoms with Crippen LogP contribution in [0.25, 0.3) is 0 Å². The van der Waals surface area contributed by atoms with Gasteiger partial charge < -0.3 is 24.5 Å². The molecule has 0 aromatic carbocycles. The molecule has 0 saturated heterocycles. The van der Waals surface area contributed by atoms with Crippen molar-refractivity contribution in [1.82, 2.24) is 0 Å². The summed E-state index contributed by atoms with van der Waals surface area (Å²) < 4.78 is 34.9. The van der Waals surface area contributed by atoms with Gasteiger partial charge in [-0.05, 0) is 20.8 Å². The summed E-state index contributed by atoms with van der Waals surface area (Å²) in [7, 11) is -12.9. The first kappa shape index (κ1) is 21.7. The minimum Gasteiger partial charge on any atom is -0.324 e. The maximum atomic E-state index is 10.8. The fourth-order valence-corrected chi connectivity index (χ4v) is 2.22. The quantitative estimate of drug-likeness (QED) is 0.480. The normalized spacial score (nSPS) is 16.6. The molecule has 0 spiro atoms. The van der Waals surface area contributed by atoms with Crippen LogP contribution < -0.4 is 0 Å². The van der Waals surface area contributed by atoms with Crippen LogP contribution in [0.1, 0.15) is 34.6 Å². The van der Waals surface area contributed by atoms with Crippen LogP contribution >= 0.6 is 23.0 Å². The molecule has 0 radical (unpaired) electrons. The first-order valence-corrected chi connectivity index (χ1v) is 9.84. The van der Waals surface area contributed by atoms with Crippen molar-refractivity contribution >= 4 is 23.0 Å². The van der Waals surface area contributed by atoms with Gasteiger partial charge in [0.2, 0.25) is 0 Å². The molecule has 0 rings (SSSR count). The largest absolute Gasteiger partial charge is 0.476 e. The lowest BCUT2D eigenvalue weighted by Crippen LogP contribution is -2.13. The molecular weight excluding hydrogens is 321 g/mol. The van der Waals surface area contributed by atoms with Crippen LogP contribution in [0.4, 0.5) is 0 Å². The van der Waals surface area contributed by atoms with Crippen molar-refractivity contribution < 1.29 is 42.5 Å². The Balaban J connectivity index is 0. The third-order valence-electron chi connectivity index (χ3n) is 1.75. The van der Waals surface area contributed by atoms with E-state index in [-0.39, 0.29) is 0 Å². The molecule has 12 heteroatoms. The molecule has 1 atom stereocenters. The van der Waals surface area contributed by atoms with Gasteiger partial charge in [0.15, 0.2) is 0 Å². The molecular formula is C7H21O9P3. The lowest BCUT2D eigenvalue weighted by molar-refractivity contribution is 0.260. The zero-order valence-electron chi connectivity index (χ0n) is 11.3. The molecule has 19 heavy (non-hydrogen) atoms. The van der Waals surface area contributed by atoms with Crippen molar-refractivity contribution in [3.05, 3.63) is 0 Å². The molecule has 0 heterocycles. The Bertz CT molecular complexity index is 412. The Morgan fingerprint density at radius 2 is 1.16 bits per heavy atom. The van der Waals surface area contributed by atoms with Gasteiger partial charge in [-0.3, -0.25) is 9.13 Å². The molecule has 0 amide bonds. The zero-order chi connectivity index (χ0) is 16.3. The van der Waals surface area contributed by atoms with E-state index in [2.05, 4.69) is 4.31 Å². The second-order valence-corrected chi connectivity index (χ2v) is 11.2. The van der Waals surface area contributed by atoms with Gasteiger partial charge >= 0.3 is 23.0 Å². The predicted octanol–water partition coefficient (Wildman–Crippen LogP) is 1.65. The van der Waals surface area contributed by atoms with E-state index in [0.29, 0.717) is 0 Å². The molecule has 5 N–H and O–H groups in total. The number of hydrogen-bond acceptors (Lipinski definition) is 4. The minimum absolute atomic E-state index is 0.824. The minimum atomic E-state index is -4.85. The van der Waals surface area contributed by atoms with Gasteiger partial charge in [-0.2, -0.15) is 0 Å². The number of phosphoric acid groups is 1. The van der Waals surface area contributed by atoms with Crippen LogP contribution in [0.15, 0.2) is 0 Å². The number of hydrogen-bond donors (Lipinski definition) is 5. The van der Waals surface area contributed by atoms with E-state index >= 15 is 0 Å². The van der Waals surface area contributed by atoms with Gasteiger partial charge in [-0.15, -0.1) is 0 Å². The summed E-state index contributed by atoms with van der Waals surface area (Å²) >= 11 is 0. The monoisotopic (exact) mass is 342 g/mol. The van der Waals surface area contributed by atoms with Gasteiger partial charge in [0.05, 0.1) is 10.8 Å². The fourth-order valence-electron chi connectivity index (χ4n) is 0.247. The van der Waals surface area contributed by atoms with Crippen molar-refractivity contribution in [2.75, 3.05) is 0 Å². The smallest absolute Gasteiger partial charge is 0.324 e. The second kappa shape index (κ2) is 6.94. The van der Waals surface area contributed by atoms with E-state index in [1.807, 2.05) is 0 Å². The topological polar surface area (TPSA) is 162 Å². The SMILES string of the molecule is CC(C)(C)P(=O)(O)O.CC(C)P(=O)(O)OP(=O)(O)O. The van der Waals surface area contributed by atoms with Gasteiger partial charge in [-0.25, -0.2) is 8.88 Å². The van der Waals surface area contributed by atoms with Crippen LogP contribution in [-0.4, -0.2) is 35.3 Å². The summed E-state index contributed by atoms with van der Waals surface area (Å²) in [5.41, 5.74) is -0.824. The molecule has 0 saturated carbocycles. The molecule has 0 aliphatic carbocycles. The molecule has 0 bridgehead atoms. The van der Waals surface area contributed by atoms with Crippen LogP contribution in [0.3, 0.4) is 0 Å². The van der Waals surface area contributed by atoms with Crippen LogP contribution in [-0.2, 0) is 18.0 Å². The van der Waals surface area contributed by atoms with Crippen molar-refractivity contribution in [3.63, 3.8) is 0 Å². The number of rotatable bonds is 3. The van der Waals surface area contributed by atoms with E-state index in [1.54, 1.807) is 0 Å². The summed E-state index contributed by atoms with van der Waals surface area (Å²) in [5, 5.41) is -0.896. The maximum absolute atomic E-state index is 10.8. The highest BCUT2D eigenvalue weighted by Crippen LogP contribution is 2.59. The van der Waals surface area contributed by atoms with Crippen LogP contribution in [0, 0.1) is 0 Å². The summed E-state index contributed by atoms with van der Waals surface area (Å²) in [4.78, 5) is 42.0. The van der Waals surface area contributed by atoms with Gasteiger partial charge in [0.25, 0.3) is 0 Å². The third kappa shape index (κ3) is 10.9.